The van der Waals surface area contributed by atoms with Crippen LogP contribution < -0.4 is 10.1 Å². The van der Waals surface area contributed by atoms with Gasteiger partial charge in [0.1, 0.15) is 11.6 Å². The average Bonchev–Trinajstić information content (AvgIpc) is 2.94. The fraction of sp³-hybridized carbons (Fsp3) is 0.214. The number of benzene rings is 1. The van der Waals surface area contributed by atoms with Crippen LogP contribution in [0.5, 0.6) is 5.75 Å². The van der Waals surface area contributed by atoms with Crippen LogP contribution in [0.15, 0.2) is 30.3 Å². The van der Waals surface area contributed by atoms with Crippen LogP contribution >= 0.6 is 0 Å². The summed E-state index contributed by atoms with van der Waals surface area (Å²) in [4.78, 5) is 14.9. The van der Waals surface area contributed by atoms with Gasteiger partial charge in [0.25, 0.3) is 5.69 Å². The number of rotatable bonds is 3. The topological polar surface area (TPSA) is 77.3 Å². The van der Waals surface area contributed by atoms with Crippen molar-refractivity contribution in [3.8, 4) is 17.0 Å². The molecule has 0 saturated carbocycles. The van der Waals surface area contributed by atoms with E-state index in [1.165, 1.54) is 12.1 Å². The monoisotopic (exact) mass is 271 g/mol. The Morgan fingerprint density at radius 2 is 2.20 bits per heavy atom. The van der Waals surface area contributed by atoms with E-state index in [0.717, 1.165) is 23.3 Å². The van der Waals surface area contributed by atoms with Crippen molar-refractivity contribution >= 4 is 11.5 Å². The molecule has 0 unspecified atom stereocenters. The summed E-state index contributed by atoms with van der Waals surface area (Å²) in [7, 11) is 1.69. The third kappa shape index (κ3) is 2.16. The molecule has 0 radical (unpaired) electrons. The van der Waals surface area contributed by atoms with Crippen LogP contribution in [0.3, 0.4) is 0 Å². The molecule has 0 atom stereocenters. The van der Waals surface area contributed by atoms with Crippen molar-refractivity contribution in [1.82, 2.24) is 4.98 Å². The standard InChI is InChI=1S/C14H13N3O3/c1-15-14-8-11(17(18)19)7-12(16-14)9-2-3-13-10(6-9)4-5-20-13/h2-3,6-8H,4-5H2,1H3,(H,15,16). The molecule has 6 heteroatoms. The SMILES string of the molecule is CNc1cc([N+](=O)[O-])cc(-c2ccc3c(c2)CCO3)n1. The third-order valence-electron chi connectivity index (χ3n) is 3.26. The van der Waals surface area contributed by atoms with Crippen molar-refractivity contribution < 1.29 is 9.66 Å². The molecule has 6 nitrogen and oxygen atoms in total. The molecule has 0 fully saturated rings. The Hall–Kier alpha value is -2.63. The first kappa shape index (κ1) is 12.4. The highest BCUT2D eigenvalue weighted by Gasteiger charge is 2.16. The second-order valence-corrected chi connectivity index (χ2v) is 4.52. The highest BCUT2D eigenvalue weighted by atomic mass is 16.6. The minimum Gasteiger partial charge on any atom is -0.493 e. The summed E-state index contributed by atoms with van der Waals surface area (Å²) in [6.07, 6.45) is 0.858. The smallest absolute Gasteiger partial charge is 0.275 e. The molecule has 2 heterocycles. The van der Waals surface area contributed by atoms with Gasteiger partial charge < -0.3 is 10.1 Å². The van der Waals surface area contributed by atoms with Gasteiger partial charge >= 0.3 is 0 Å². The van der Waals surface area contributed by atoms with Crippen molar-refractivity contribution in [1.29, 1.82) is 0 Å². The van der Waals surface area contributed by atoms with E-state index in [0.29, 0.717) is 18.1 Å². The van der Waals surface area contributed by atoms with E-state index in [2.05, 4.69) is 10.3 Å². The van der Waals surface area contributed by atoms with Crippen LogP contribution in [0.4, 0.5) is 11.5 Å². The van der Waals surface area contributed by atoms with Gasteiger partial charge in [-0.25, -0.2) is 4.98 Å². The zero-order valence-electron chi connectivity index (χ0n) is 10.9. The van der Waals surface area contributed by atoms with E-state index >= 15 is 0 Å². The number of aromatic nitrogens is 1. The Morgan fingerprint density at radius 3 is 2.95 bits per heavy atom. The lowest BCUT2D eigenvalue weighted by Crippen LogP contribution is -1.97. The lowest BCUT2D eigenvalue weighted by Gasteiger charge is -2.06. The molecule has 2 aromatic rings. The first-order chi connectivity index (χ1) is 9.67. The van der Waals surface area contributed by atoms with Crippen molar-refractivity contribution in [2.75, 3.05) is 19.0 Å². The van der Waals surface area contributed by atoms with E-state index in [-0.39, 0.29) is 5.69 Å². The second-order valence-electron chi connectivity index (χ2n) is 4.52. The number of nitro groups is 1. The van der Waals surface area contributed by atoms with Crippen molar-refractivity contribution in [2.24, 2.45) is 0 Å². The fourth-order valence-corrected chi connectivity index (χ4v) is 2.24. The Labute approximate surface area is 115 Å². The zero-order valence-corrected chi connectivity index (χ0v) is 10.9. The van der Waals surface area contributed by atoms with E-state index in [1.807, 2.05) is 18.2 Å². The Balaban J connectivity index is 2.09. The summed E-state index contributed by atoms with van der Waals surface area (Å²) < 4.78 is 5.46. The maximum atomic E-state index is 11.0. The van der Waals surface area contributed by atoms with Crippen LogP contribution in [-0.4, -0.2) is 23.6 Å². The van der Waals surface area contributed by atoms with E-state index in [4.69, 9.17) is 4.74 Å². The van der Waals surface area contributed by atoms with Gasteiger partial charge in [-0.15, -0.1) is 0 Å². The molecular formula is C14H13N3O3. The van der Waals surface area contributed by atoms with Gasteiger partial charge in [-0.2, -0.15) is 0 Å². The maximum Gasteiger partial charge on any atom is 0.275 e. The second kappa shape index (κ2) is 4.80. The Morgan fingerprint density at radius 1 is 1.35 bits per heavy atom. The molecule has 1 N–H and O–H groups in total. The molecule has 3 rings (SSSR count). The lowest BCUT2D eigenvalue weighted by atomic mass is 10.1. The van der Waals surface area contributed by atoms with E-state index in [1.54, 1.807) is 7.05 Å². The quantitative estimate of drug-likeness (QED) is 0.686. The predicted molar refractivity (Wildman–Crippen MR) is 75.1 cm³/mol. The number of fused-ring (bicyclic) bond motifs is 1. The summed E-state index contributed by atoms with van der Waals surface area (Å²) in [5.41, 5.74) is 2.57. The Bertz CT molecular complexity index is 685. The molecule has 1 aliphatic heterocycles. The number of anilines is 1. The summed E-state index contributed by atoms with van der Waals surface area (Å²) >= 11 is 0. The molecule has 102 valence electrons. The minimum absolute atomic E-state index is 0.0242. The zero-order chi connectivity index (χ0) is 14.1. The van der Waals surface area contributed by atoms with Crippen LogP contribution in [0.2, 0.25) is 0 Å². The highest BCUT2D eigenvalue weighted by Crippen LogP contribution is 2.31. The molecule has 1 aliphatic rings. The van der Waals surface area contributed by atoms with Gasteiger partial charge in [0.05, 0.1) is 23.3 Å². The molecule has 1 aromatic heterocycles. The minimum atomic E-state index is -0.414. The van der Waals surface area contributed by atoms with Crippen LogP contribution in [0.25, 0.3) is 11.3 Å². The molecule has 0 spiro atoms. The number of pyridine rings is 1. The highest BCUT2D eigenvalue weighted by molar-refractivity contribution is 5.67. The molecular weight excluding hydrogens is 258 g/mol. The fourth-order valence-electron chi connectivity index (χ4n) is 2.24. The molecule has 20 heavy (non-hydrogen) atoms. The molecule has 0 saturated heterocycles. The molecule has 0 bridgehead atoms. The van der Waals surface area contributed by atoms with Gasteiger partial charge in [0.2, 0.25) is 0 Å². The molecule has 0 amide bonds. The van der Waals surface area contributed by atoms with Gasteiger partial charge in [-0.3, -0.25) is 10.1 Å². The number of ether oxygens (including phenoxy) is 1. The van der Waals surface area contributed by atoms with Gasteiger partial charge in [-0.05, 0) is 23.8 Å². The average molecular weight is 271 g/mol. The number of hydrogen-bond donors (Lipinski definition) is 1. The summed E-state index contributed by atoms with van der Waals surface area (Å²) in [5.74, 6) is 1.36. The third-order valence-corrected chi connectivity index (χ3v) is 3.26. The summed E-state index contributed by atoms with van der Waals surface area (Å²) in [6.45, 7) is 0.683. The number of hydrogen-bond acceptors (Lipinski definition) is 5. The number of nitrogens with one attached hydrogen (secondary N) is 1. The number of nitrogens with zero attached hydrogens (tertiary/aromatic N) is 2. The maximum absolute atomic E-state index is 11.0. The van der Waals surface area contributed by atoms with Gasteiger partial charge in [-0.1, -0.05) is 0 Å². The lowest BCUT2D eigenvalue weighted by molar-refractivity contribution is -0.384. The normalized spacial score (nSPS) is 12.7. The molecule has 0 aliphatic carbocycles. The van der Waals surface area contributed by atoms with Crippen LogP contribution in [-0.2, 0) is 6.42 Å². The largest absolute Gasteiger partial charge is 0.493 e. The van der Waals surface area contributed by atoms with Gasteiger partial charge in [0.15, 0.2) is 0 Å². The van der Waals surface area contributed by atoms with Crippen molar-refractivity contribution in [3.05, 3.63) is 46.0 Å². The van der Waals surface area contributed by atoms with E-state index in [9.17, 15) is 10.1 Å². The summed E-state index contributed by atoms with van der Waals surface area (Å²) in [5, 5.41) is 13.8. The Kier molecular flexibility index (Phi) is 2.98. The first-order valence-electron chi connectivity index (χ1n) is 6.28. The molecule has 1 aromatic carbocycles. The van der Waals surface area contributed by atoms with Crippen LogP contribution in [0, 0.1) is 10.1 Å². The van der Waals surface area contributed by atoms with Gasteiger partial charge in [0, 0.05) is 25.1 Å². The van der Waals surface area contributed by atoms with Crippen molar-refractivity contribution in [3.63, 3.8) is 0 Å². The summed E-state index contributed by atoms with van der Waals surface area (Å²) in [6, 6.07) is 8.64. The first-order valence-corrected chi connectivity index (χ1v) is 6.28. The van der Waals surface area contributed by atoms with Crippen LogP contribution in [0.1, 0.15) is 5.56 Å². The van der Waals surface area contributed by atoms with Crippen molar-refractivity contribution in [2.45, 2.75) is 6.42 Å². The predicted octanol–water partition coefficient (Wildman–Crippen LogP) is 2.63. The van der Waals surface area contributed by atoms with E-state index < -0.39 is 4.92 Å².